The molecule has 1 aliphatic rings. The van der Waals surface area contributed by atoms with Crippen molar-refractivity contribution in [2.45, 2.75) is 4.84 Å². The number of carbonyl (C=O) groups excluding carboxylic acids is 2. The zero-order chi connectivity index (χ0) is 14.3. The summed E-state index contributed by atoms with van der Waals surface area (Å²) in [5.41, 5.74) is 3.23. The third kappa shape index (κ3) is 1.99. The number of hydrogen-bond donors (Lipinski definition) is 1. The number of amides is 1. The molecule has 0 saturated carbocycles. The molecule has 0 radical (unpaired) electrons. The second-order valence-corrected chi connectivity index (χ2v) is 5.49. The molecule has 1 N–H and O–H groups in total. The molecule has 0 spiro atoms. The van der Waals surface area contributed by atoms with Crippen molar-refractivity contribution < 1.29 is 9.59 Å². The van der Waals surface area contributed by atoms with E-state index in [1.54, 1.807) is 18.2 Å². The first-order valence-electron chi connectivity index (χ1n) is 5.95. The van der Waals surface area contributed by atoms with Gasteiger partial charge in [0.1, 0.15) is 0 Å². The fourth-order valence-corrected chi connectivity index (χ4v) is 2.47. The van der Waals surface area contributed by atoms with Crippen LogP contribution in [0, 0.1) is 0 Å². The number of nitrogens with one attached hydrogen (secondary N) is 1. The first kappa shape index (κ1) is 13.2. The van der Waals surface area contributed by atoms with Crippen LogP contribution in [0.4, 0.5) is 5.69 Å². The Balaban J connectivity index is 2.11. The van der Waals surface area contributed by atoms with E-state index >= 15 is 0 Å². The molecule has 0 bridgehead atoms. The minimum absolute atomic E-state index is 0.104. The summed E-state index contributed by atoms with van der Waals surface area (Å²) in [5, 5.41) is 2.58. The van der Waals surface area contributed by atoms with Crippen LogP contribution in [0.3, 0.4) is 0 Å². The topological polar surface area (TPSA) is 46.2 Å². The molecule has 2 aromatic carbocycles. The molecule has 2 aromatic rings. The standard InChI is InChI=1S/C15H9Cl2NO2/c16-14(17)15(20)18-11-7-3-6-9-8-4-1-2-5-10(8)13(19)12(9)11/h1-7,14H,(H,18,20). The number of benzene rings is 2. The molecule has 3 nitrogen and oxygen atoms in total. The number of carbonyl (C=O) groups is 2. The number of rotatable bonds is 2. The summed E-state index contributed by atoms with van der Waals surface area (Å²) in [6, 6.07) is 12.6. The third-order valence-electron chi connectivity index (χ3n) is 3.21. The largest absolute Gasteiger partial charge is 0.323 e. The normalized spacial score (nSPS) is 12.2. The van der Waals surface area contributed by atoms with E-state index in [2.05, 4.69) is 5.32 Å². The van der Waals surface area contributed by atoms with E-state index in [4.69, 9.17) is 23.2 Å². The van der Waals surface area contributed by atoms with E-state index in [0.29, 0.717) is 16.8 Å². The Morgan fingerprint density at radius 2 is 1.60 bits per heavy atom. The first-order valence-corrected chi connectivity index (χ1v) is 6.83. The molecular weight excluding hydrogens is 297 g/mol. The van der Waals surface area contributed by atoms with Crippen LogP contribution in [-0.4, -0.2) is 16.5 Å². The Bertz CT molecular complexity index is 726. The highest BCUT2D eigenvalue weighted by Crippen LogP contribution is 2.40. The minimum atomic E-state index is -1.18. The predicted molar refractivity (Wildman–Crippen MR) is 79.4 cm³/mol. The van der Waals surface area contributed by atoms with Gasteiger partial charge in [0.05, 0.1) is 11.3 Å². The van der Waals surface area contributed by atoms with E-state index in [1.165, 1.54) is 0 Å². The van der Waals surface area contributed by atoms with E-state index in [1.807, 2.05) is 24.3 Å². The fourth-order valence-electron chi connectivity index (χ4n) is 2.36. The van der Waals surface area contributed by atoms with Gasteiger partial charge in [0, 0.05) is 5.56 Å². The Morgan fingerprint density at radius 1 is 0.950 bits per heavy atom. The molecule has 0 fully saturated rings. The number of alkyl halides is 2. The van der Waals surface area contributed by atoms with Gasteiger partial charge in [-0.25, -0.2) is 0 Å². The van der Waals surface area contributed by atoms with Crippen LogP contribution >= 0.6 is 23.2 Å². The Labute approximate surface area is 125 Å². The van der Waals surface area contributed by atoms with Crippen LogP contribution in [0.2, 0.25) is 0 Å². The van der Waals surface area contributed by atoms with E-state index < -0.39 is 10.7 Å². The molecule has 5 heteroatoms. The van der Waals surface area contributed by atoms with Gasteiger partial charge in [-0.2, -0.15) is 0 Å². The van der Waals surface area contributed by atoms with Crippen LogP contribution in [0.5, 0.6) is 0 Å². The summed E-state index contributed by atoms with van der Waals surface area (Å²) >= 11 is 11.0. The van der Waals surface area contributed by atoms with Crippen LogP contribution in [0.15, 0.2) is 42.5 Å². The molecule has 3 rings (SSSR count). The second kappa shape index (κ2) is 4.93. The van der Waals surface area contributed by atoms with Gasteiger partial charge < -0.3 is 5.32 Å². The molecular formula is C15H9Cl2NO2. The van der Waals surface area contributed by atoms with Crippen molar-refractivity contribution >= 4 is 40.6 Å². The van der Waals surface area contributed by atoms with Crippen LogP contribution < -0.4 is 5.32 Å². The summed E-state index contributed by atoms with van der Waals surface area (Å²) in [6.45, 7) is 0. The molecule has 100 valence electrons. The van der Waals surface area contributed by atoms with Crippen molar-refractivity contribution in [2.75, 3.05) is 5.32 Å². The lowest BCUT2D eigenvalue weighted by Crippen LogP contribution is -2.20. The summed E-state index contributed by atoms with van der Waals surface area (Å²) in [5.74, 6) is -0.655. The minimum Gasteiger partial charge on any atom is -0.323 e. The average Bonchev–Trinajstić information content (AvgIpc) is 2.74. The zero-order valence-corrected chi connectivity index (χ0v) is 11.7. The molecule has 20 heavy (non-hydrogen) atoms. The van der Waals surface area contributed by atoms with Crippen molar-refractivity contribution in [2.24, 2.45) is 0 Å². The van der Waals surface area contributed by atoms with Gasteiger partial charge in [-0.15, -0.1) is 0 Å². The predicted octanol–water partition coefficient (Wildman–Crippen LogP) is 3.64. The van der Waals surface area contributed by atoms with E-state index in [9.17, 15) is 9.59 Å². The Morgan fingerprint density at radius 3 is 2.30 bits per heavy atom. The van der Waals surface area contributed by atoms with E-state index in [-0.39, 0.29) is 5.78 Å². The maximum atomic E-state index is 12.4. The van der Waals surface area contributed by atoms with Gasteiger partial charge >= 0.3 is 0 Å². The quantitative estimate of drug-likeness (QED) is 0.735. The highest BCUT2D eigenvalue weighted by atomic mass is 35.5. The van der Waals surface area contributed by atoms with Gasteiger partial charge in [0.25, 0.3) is 5.91 Å². The van der Waals surface area contributed by atoms with E-state index in [0.717, 1.165) is 11.1 Å². The summed E-state index contributed by atoms with van der Waals surface area (Å²) in [7, 11) is 0. The average molecular weight is 306 g/mol. The van der Waals surface area contributed by atoms with Crippen LogP contribution in [0.25, 0.3) is 11.1 Å². The fraction of sp³-hybridized carbons (Fsp3) is 0.0667. The van der Waals surface area contributed by atoms with Crippen LogP contribution in [0.1, 0.15) is 15.9 Å². The second-order valence-electron chi connectivity index (χ2n) is 4.39. The van der Waals surface area contributed by atoms with Gasteiger partial charge in [-0.05, 0) is 17.2 Å². The lowest BCUT2D eigenvalue weighted by atomic mass is 10.0. The van der Waals surface area contributed by atoms with Gasteiger partial charge in [-0.3, -0.25) is 9.59 Å². The van der Waals surface area contributed by atoms with Crippen molar-refractivity contribution in [3.05, 3.63) is 53.6 Å². The van der Waals surface area contributed by atoms with Crippen LogP contribution in [-0.2, 0) is 4.79 Å². The third-order valence-corrected chi connectivity index (χ3v) is 3.61. The number of hydrogen-bond acceptors (Lipinski definition) is 2. The van der Waals surface area contributed by atoms with Crippen molar-refractivity contribution in [3.8, 4) is 11.1 Å². The monoisotopic (exact) mass is 305 g/mol. The molecule has 0 aliphatic heterocycles. The van der Waals surface area contributed by atoms with Gasteiger partial charge in [0.15, 0.2) is 10.6 Å². The van der Waals surface area contributed by atoms with Crippen molar-refractivity contribution in [3.63, 3.8) is 0 Å². The number of fused-ring (bicyclic) bond motifs is 3. The summed E-state index contributed by atoms with van der Waals surface area (Å²) in [4.78, 5) is 22.9. The Hall–Kier alpha value is -1.84. The summed E-state index contributed by atoms with van der Waals surface area (Å²) in [6.07, 6.45) is 0. The highest BCUT2D eigenvalue weighted by Gasteiger charge is 2.29. The SMILES string of the molecule is O=C1c2ccccc2-c2cccc(NC(=O)C(Cl)Cl)c21. The Kier molecular flexibility index (Phi) is 3.24. The summed E-state index contributed by atoms with van der Waals surface area (Å²) < 4.78 is 0. The highest BCUT2D eigenvalue weighted by molar-refractivity contribution is 6.54. The molecule has 1 aliphatic carbocycles. The molecule has 1 amide bonds. The molecule has 0 aromatic heterocycles. The maximum Gasteiger partial charge on any atom is 0.257 e. The lowest BCUT2D eigenvalue weighted by molar-refractivity contribution is -0.114. The molecule has 0 heterocycles. The lowest BCUT2D eigenvalue weighted by Gasteiger charge is -2.09. The van der Waals surface area contributed by atoms with Crippen molar-refractivity contribution in [1.82, 2.24) is 0 Å². The number of ketones is 1. The smallest absolute Gasteiger partial charge is 0.257 e. The van der Waals surface area contributed by atoms with Gasteiger partial charge in [0.2, 0.25) is 0 Å². The molecule has 0 atom stereocenters. The first-order chi connectivity index (χ1) is 9.59. The maximum absolute atomic E-state index is 12.4. The number of halogens is 2. The zero-order valence-electron chi connectivity index (χ0n) is 10.2. The molecule has 0 saturated heterocycles. The van der Waals surface area contributed by atoms with Gasteiger partial charge in [-0.1, -0.05) is 59.6 Å². The van der Waals surface area contributed by atoms with Crippen molar-refractivity contribution in [1.29, 1.82) is 0 Å². The number of anilines is 1. The molecule has 0 unspecified atom stereocenters.